The molecule has 1 N–H and O–H groups in total. The number of carbonyl (C=O) groups is 1. The first-order valence-electron chi connectivity index (χ1n) is 4.77. The molecule has 1 aliphatic heterocycles. The molecular weight excluding hydrogens is 162 g/mol. The van der Waals surface area contributed by atoms with Gasteiger partial charge in [-0.05, 0) is 24.8 Å². The minimum Gasteiger partial charge on any atom is -0.349 e. The lowest BCUT2D eigenvalue weighted by Crippen LogP contribution is -2.44. The van der Waals surface area contributed by atoms with Crippen molar-refractivity contribution in [3.8, 4) is 0 Å². The van der Waals surface area contributed by atoms with Gasteiger partial charge < -0.3 is 5.32 Å². The van der Waals surface area contributed by atoms with Crippen molar-refractivity contribution in [2.45, 2.75) is 32.7 Å². The average Bonchev–Trinajstić information content (AvgIpc) is 2.13. The first-order valence-corrected chi connectivity index (χ1v) is 4.77. The summed E-state index contributed by atoms with van der Waals surface area (Å²) in [5.41, 5.74) is 1.13. The van der Waals surface area contributed by atoms with Crippen LogP contribution in [0.25, 0.3) is 0 Å². The van der Waals surface area contributed by atoms with Crippen molar-refractivity contribution < 1.29 is 4.79 Å². The summed E-state index contributed by atoms with van der Waals surface area (Å²) >= 11 is 0. The summed E-state index contributed by atoms with van der Waals surface area (Å²) in [5.74, 6) is 0.672. The molecule has 0 spiro atoms. The molecule has 1 saturated heterocycles. The largest absolute Gasteiger partial charge is 0.349 e. The van der Waals surface area contributed by atoms with E-state index in [1.165, 1.54) is 0 Å². The average molecular weight is 179 g/mol. The van der Waals surface area contributed by atoms with E-state index in [2.05, 4.69) is 18.8 Å². The van der Waals surface area contributed by atoms with Crippen LogP contribution in [0.3, 0.4) is 0 Å². The second-order valence-electron chi connectivity index (χ2n) is 3.55. The van der Waals surface area contributed by atoms with Crippen LogP contribution in [0, 0.1) is 5.92 Å². The molecule has 0 aromatic carbocycles. The van der Waals surface area contributed by atoms with Gasteiger partial charge in [0, 0.05) is 6.42 Å². The number of nitrogens with one attached hydrogen (secondary N) is 1. The molecule has 0 aromatic rings. The summed E-state index contributed by atoms with van der Waals surface area (Å²) in [4.78, 5) is 11.2. The molecule has 1 fully saturated rings. The van der Waals surface area contributed by atoms with E-state index in [0.717, 1.165) is 12.0 Å². The van der Waals surface area contributed by atoms with Crippen molar-refractivity contribution in [2.75, 3.05) is 0 Å². The van der Waals surface area contributed by atoms with Crippen LogP contribution in [-0.2, 0) is 4.79 Å². The predicted molar refractivity (Wildman–Crippen MR) is 54.3 cm³/mol. The third-order valence-corrected chi connectivity index (χ3v) is 2.64. The van der Waals surface area contributed by atoms with Gasteiger partial charge in [0.05, 0.1) is 6.04 Å². The number of hydrogen-bond acceptors (Lipinski definition) is 1. The van der Waals surface area contributed by atoms with Crippen LogP contribution in [0.1, 0.15) is 26.7 Å². The van der Waals surface area contributed by atoms with Crippen LogP contribution >= 0.6 is 0 Å². The SMILES string of the molecule is C=C/C(=C/C)[C@@H]1NC(=O)CCC1C. The van der Waals surface area contributed by atoms with E-state index in [4.69, 9.17) is 0 Å². The standard InChI is InChI=1S/C11H17NO/c1-4-9(5-2)11-8(3)6-7-10(13)12-11/h4-5,8,11H,1,6-7H2,2-3H3,(H,12,13)/b9-5-/t8?,11-/m1/s1. The van der Waals surface area contributed by atoms with Crippen LogP contribution in [0.5, 0.6) is 0 Å². The zero-order valence-corrected chi connectivity index (χ0v) is 8.34. The molecule has 2 atom stereocenters. The van der Waals surface area contributed by atoms with E-state index in [0.29, 0.717) is 12.3 Å². The molecule has 1 unspecified atom stereocenters. The van der Waals surface area contributed by atoms with Crippen molar-refractivity contribution in [3.05, 3.63) is 24.3 Å². The van der Waals surface area contributed by atoms with Crippen molar-refractivity contribution in [1.82, 2.24) is 5.32 Å². The summed E-state index contributed by atoms with van der Waals surface area (Å²) in [7, 11) is 0. The van der Waals surface area contributed by atoms with Gasteiger partial charge in [0.15, 0.2) is 0 Å². The topological polar surface area (TPSA) is 29.1 Å². The maximum atomic E-state index is 11.2. The Kier molecular flexibility index (Phi) is 3.29. The van der Waals surface area contributed by atoms with Gasteiger partial charge in [-0.1, -0.05) is 25.7 Å². The lowest BCUT2D eigenvalue weighted by molar-refractivity contribution is -0.123. The van der Waals surface area contributed by atoms with Crippen molar-refractivity contribution in [3.63, 3.8) is 0 Å². The molecule has 0 radical (unpaired) electrons. The van der Waals surface area contributed by atoms with Gasteiger partial charge in [-0.2, -0.15) is 0 Å². The highest BCUT2D eigenvalue weighted by Crippen LogP contribution is 2.22. The van der Waals surface area contributed by atoms with Gasteiger partial charge >= 0.3 is 0 Å². The third kappa shape index (κ3) is 2.20. The Labute approximate surface area is 79.7 Å². The van der Waals surface area contributed by atoms with Crippen molar-refractivity contribution in [2.24, 2.45) is 5.92 Å². The number of rotatable bonds is 2. The summed E-state index contributed by atoms with van der Waals surface area (Å²) in [6.45, 7) is 7.89. The molecule has 0 aliphatic carbocycles. The first-order chi connectivity index (χ1) is 6.19. The molecule has 1 aliphatic rings. The summed E-state index contributed by atoms with van der Waals surface area (Å²) in [6.07, 6.45) is 5.47. The monoisotopic (exact) mass is 179 g/mol. The smallest absolute Gasteiger partial charge is 0.220 e. The van der Waals surface area contributed by atoms with Gasteiger partial charge in [-0.3, -0.25) is 4.79 Å². The molecule has 13 heavy (non-hydrogen) atoms. The van der Waals surface area contributed by atoms with Gasteiger partial charge in [-0.15, -0.1) is 0 Å². The summed E-state index contributed by atoms with van der Waals surface area (Å²) < 4.78 is 0. The fraction of sp³-hybridized carbons (Fsp3) is 0.545. The molecule has 72 valence electrons. The van der Waals surface area contributed by atoms with E-state index in [9.17, 15) is 4.79 Å². The van der Waals surface area contributed by atoms with E-state index in [1.54, 1.807) is 0 Å². The number of allylic oxidation sites excluding steroid dienone is 1. The maximum Gasteiger partial charge on any atom is 0.220 e. The molecule has 1 heterocycles. The Morgan fingerprint density at radius 3 is 2.92 bits per heavy atom. The van der Waals surface area contributed by atoms with Crippen LogP contribution in [0.2, 0.25) is 0 Å². The Morgan fingerprint density at radius 1 is 1.69 bits per heavy atom. The van der Waals surface area contributed by atoms with Crippen LogP contribution in [0.4, 0.5) is 0 Å². The van der Waals surface area contributed by atoms with E-state index < -0.39 is 0 Å². The molecule has 0 aromatic heterocycles. The van der Waals surface area contributed by atoms with E-state index in [1.807, 2.05) is 19.1 Å². The van der Waals surface area contributed by atoms with Gasteiger partial charge in [-0.25, -0.2) is 0 Å². The normalized spacial score (nSPS) is 29.7. The molecule has 0 saturated carbocycles. The zero-order chi connectivity index (χ0) is 9.84. The lowest BCUT2D eigenvalue weighted by Gasteiger charge is -2.30. The highest BCUT2D eigenvalue weighted by Gasteiger charge is 2.26. The van der Waals surface area contributed by atoms with E-state index >= 15 is 0 Å². The van der Waals surface area contributed by atoms with Crippen LogP contribution in [-0.4, -0.2) is 11.9 Å². The van der Waals surface area contributed by atoms with Gasteiger partial charge in [0.25, 0.3) is 0 Å². The Bertz CT molecular complexity index is 242. The minimum atomic E-state index is 0.157. The number of carbonyl (C=O) groups excluding carboxylic acids is 1. The Balaban J connectivity index is 2.75. The summed E-state index contributed by atoms with van der Waals surface area (Å²) in [6, 6.07) is 0.170. The Morgan fingerprint density at radius 2 is 2.38 bits per heavy atom. The fourth-order valence-corrected chi connectivity index (χ4v) is 1.75. The van der Waals surface area contributed by atoms with Crippen molar-refractivity contribution in [1.29, 1.82) is 0 Å². The van der Waals surface area contributed by atoms with Crippen LogP contribution < -0.4 is 5.32 Å². The maximum absolute atomic E-state index is 11.2. The summed E-state index contributed by atoms with van der Waals surface area (Å²) in [5, 5.41) is 2.99. The van der Waals surface area contributed by atoms with Gasteiger partial charge in [0.2, 0.25) is 5.91 Å². The van der Waals surface area contributed by atoms with Crippen molar-refractivity contribution >= 4 is 5.91 Å². The quantitative estimate of drug-likeness (QED) is 0.646. The minimum absolute atomic E-state index is 0.157. The molecular formula is C11H17NO. The molecule has 2 nitrogen and oxygen atoms in total. The number of piperidine rings is 1. The van der Waals surface area contributed by atoms with Crippen LogP contribution in [0.15, 0.2) is 24.3 Å². The second-order valence-corrected chi connectivity index (χ2v) is 3.55. The first kappa shape index (κ1) is 10.0. The highest BCUT2D eigenvalue weighted by molar-refractivity contribution is 5.77. The fourth-order valence-electron chi connectivity index (χ4n) is 1.75. The Hall–Kier alpha value is -1.05. The highest BCUT2D eigenvalue weighted by atomic mass is 16.1. The number of hydrogen-bond donors (Lipinski definition) is 1. The molecule has 1 amide bonds. The second kappa shape index (κ2) is 4.26. The predicted octanol–water partition coefficient (Wildman–Crippen LogP) is 2.03. The number of amides is 1. The van der Waals surface area contributed by atoms with E-state index in [-0.39, 0.29) is 11.9 Å². The molecule has 2 heteroatoms. The molecule has 1 rings (SSSR count). The zero-order valence-electron chi connectivity index (χ0n) is 8.34. The third-order valence-electron chi connectivity index (χ3n) is 2.64. The molecule has 0 bridgehead atoms. The van der Waals surface area contributed by atoms with Gasteiger partial charge in [0.1, 0.15) is 0 Å². The lowest BCUT2D eigenvalue weighted by atomic mass is 9.87.